The minimum absolute atomic E-state index is 0.204. The summed E-state index contributed by atoms with van der Waals surface area (Å²) in [6.07, 6.45) is 0. The Labute approximate surface area is 95.4 Å². The van der Waals surface area contributed by atoms with Crippen LogP contribution in [0.1, 0.15) is 19.4 Å². The molecule has 0 radical (unpaired) electrons. The third kappa shape index (κ3) is 2.11. The molecule has 2 N–H and O–H groups in total. The Morgan fingerprint density at radius 2 is 1.88 bits per heavy atom. The van der Waals surface area contributed by atoms with Crippen molar-refractivity contribution in [3.05, 3.63) is 23.5 Å². The van der Waals surface area contributed by atoms with Crippen LogP contribution in [0.15, 0.2) is 12.1 Å². The van der Waals surface area contributed by atoms with Gasteiger partial charge >= 0.3 is 0 Å². The SMILES string of the molecule is COc1ccc(F)c(OC)c1C(C)(C)CN. The second-order valence-electron chi connectivity index (χ2n) is 4.25. The van der Waals surface area contributed by atoms with Crippen LogP contribution in [0, 0.1) is 5.82 Å². The number of ether oxygens (including phenoxy) is 2. The topological polar surface area (TPSA) is 44.5 Å². The largest absolute Gasteiger partial charge is 0.496 e. The van der Waals surface area contributed by atoms with Crippen molar-refractivity contribution in [2.24, 2.45) is 5.73 Å². The van der Waals surface area contributed by atoms with Crippen LogP contribution in [0.5, 0.6) is 11.5 Å². The Morgan fingerprint density at radius 3 is 2.31 bits per heavy atom. The lowest BCUT2D eigenvalue weighted by molar-refractivity contribution is 0.346. The van der Waals surface area contributed by atoms with Crippen molar-refractivity contribution >= 4 is 0 Å². The number of methoxy groups -OCH3 is 2. The zero-order valence-corrected chi connectivity index (χ0v) is 10.1. The fourth-order valence-corrected chi connectivity index (χ4v) is 1.65. The van der Waals surface area contributed by atoms with Crippen LogP contribution in [0.4, 0.5) is 4.39 Å². The molecular weight excluding hydrogens is 209 g/mol. The van der Waals surface area contributed by atoms with E-state index in [9.17, 15) is 4.39 Å². The molecule has 0 aliphatic rings. The number of benzene rings is 1. The van der Waals surface area contributed by atoms with Gasteiger partial charge in [0.1, 0.15) is 5.75 Å². The Morgan fingerprint density at radius 1 is 1.25 bits per heavy atom. The van der Waals surface area contributed by atoms with E-state index in [0.29, 0.717) is 17.9 Å². The number of hydrogen-bond donors (Lipinski definition) is 1. The van der Waals surface area contributed by atoms with E-state index in [2.05, 4.69) is 0 Å². The van der Waals surface area contributed by atoms with E-state index >= 15 is 0 Å². The van der Waals surface area contributed by atoms with Crippen molar-refractivity contribution in [1.29, 1.82) is 0 Å². The first-order valence-electron chi connectivity index (χ1n) is 5.09. The van der Waals surface area contributed by atoms with Gasteiger partial charge in [0.25, 0.3) is 0 Å². The average molecular weight is 227 g/mol. The van der Waals surface area contributed by atoms with Crippen LogP contribution in [0.25, 0.3) is 0 Å². The van der Waals surface area contributed by atoms with Crippen LogP contribution >= 0.6 is 0 Å². The van der Waals surface area contributed by atoms with Crippen molar-refractivity contribution < 1.29 is 13.9 Å². The highest BCUT2D eigenvalue weighted by Gasteiger charge is 2.29. The fourth-order valence-electron chi connectivity index (χ4n) is 1.65. The lowest BCUT2D eigenvalue weighted by Crippen LogP contribution is -2.29. The fraction of sp³-hybridized carbons (Fsp3) is 0.500. The molecule has 0 heterocycles. The van der Waals surface area contributed by atoms with Gasteiger partial charge in [-0.2, -0.15) is 0 Å². The van der Waals surface area contributed by atoms with Crippen LogP contribution in [0.3, 0.4) is 0 Å². The normalized spacial score (nSPS) is 11.4. The first-order chi connectivity index (χ1) is 7.47. The number of nitrogens with two attached hydrogens (primary N) is 1. The van der Waals surface area contributed by atoms with E-state index in [-0.39, 0.29) is 5.75 Å². The zero-order chi connectivity index (χ0) is 12.3. The molecule has 4 heteroatoms. The standard InChI is InChI=1S/C12H18FNO2/c1-12(2,7-14)10-9(15-3)6-5-8(13)11(10)16-4/h5-6H,7,14H2,1-4H3. The summed E-state index contributed by atoms with van der Waals surface area (Å²) in [6, 6.07) is 2.92. The highest BCUT2D eigenvalue weighted by atomic mass is 19.1. The molecule has 1 rings (SSSR count). The highest BCUT2D eigenvalue weighted by molar-refractivity contribution is 5.50. The molecule has 3 nitrogen and oxygen atoms in total. The predicted molar refractivity (Wildman–Crippen MR) is 61.6 cm³/mol. The molecule has 0 unspecified atom stereocenters. The number of halogens is 1. The molecule has 0 saturated heterocycles. The van der Waals surface area contributed by atoms with Crippen molar-refractivity contribution in [2.45, 2.75) is 19.3 Å². The summed E-state index contributed by atoms with van der Waals surface area (Å²) in [4.78, 5) is 0. The first kappa shape index (κ1) is 12.8. The van der Waals surface area contributed by atoms with Crippen molar-refractivity contribution in [1.82, 2.24) is 0 Å². The van der Waals surface area contributed by atoms with Crippen molar-refractivity contribution in [2.75, 3.05) is 20.8 Å². The van der Waals surface area contributed by atoms with Crippen LogP contribution in [0.2, 0.25) is 0 Å². The zero-order valence-electron chi connectivity index (χ0n) is 10.1. The van der Waals surface area contributed by atoms with Gasteiger partial charge in [0, 0.05) is 17.5 Å². The van der Waals surface area contributed by atoms with Crippen molar-refractivity contribution in [3.8, 4) is 11.5 Å². The molecule has 0 saturated carbocycles. The molecule has 0 aliphatic heterocycles. The molecule has 0 amide bonds. The van der Waals surface area contributed by atoms with Gasteiger partial charge in [-0.15, -0.1) is 0 Å². The smallest absolute Gasteiger partial charge is 0.165 e. The molecular formula is C12H18FNO2. The third-order valence-electron chi connectivity index (χ3n) is 2.68. The van der Waals surface area contributed by atoms with Crippen molar-refractivity contribution in [3.63, 3.8) is 0 Å². The summed E-state index contributed by atoms with van der Waals surface area (Å²) < 4.78 is 23.9. The van der Waals surface area contributed by atoms with Gasteiger partial charge in [-0.05, 0) is 12.1 Å². The lowest BCUT2D eigenvalue weighted by Gasteiger charge is -2.27. The maximum atomic E-state index is 13.6. The Hall–Kier alpha value is -1.29. The van der Waals surface area contributed by atoms with Gasteiger partial charge in [-0.25, -0.2) is 4.39 Å². The average Bonchev–Trinajstić information content (AvgIpc) is 2.28. The summed E-state index contributed by atoms with van der Waals surface area (Å²) in [5.74, 6) is 0.392. The molecule has 0 aromatic heterocycles. The van der Waals surface area contributed by atoms with Crippen LogP contribution in [-0.4, -0.2) is 20.8 Å². The molecule has 16 heavy (non-hydrogen) atoms. The Kier molecular flexibility index (Phi) is 3.75. The molecule has 90 valence electrons. The van der Waals surface area contributed by atoms with E-state index in [1.54, 1.807) is 13.2 Å². The second-order valence-corrected chi connectivity index (χ2v) is 4.25. The highest BCUT2D eigenvalue weighted by Crippen LogP contribution is 2.39. The first-order valence-corrected chi connectivity index (χ1v) is 5.09. The monoisotopic (exact) mass is 227 g/mol. The molecule has 0 aliphatic carbocycles. The van der Waals surface area contributed by atoms with Crippen LogP contribution < -0.4 is 15.2 Å². The third-order valence-corrected chi connectivity index (χ3v) is 2.68. The minimum Gasteiger partial charge on any atom is -0.496 e. The second kappa shape index (κ2) is 4.70. The molecule has 1 aromatic rings. The lowest BCUT2D eigenvalue weighted by atomic mass is 9.83. The molecule has 0 bridgehead atoms. The molecule has 0 atom stereocenters. The summed E-state index contributed by atoms with van der Waals surface area (Å²) in [5.41, 5.74) is 5.96. The maximum absolute atomic E-state index is 13.6. The van der Waals surface area contributed by atoms with E-state index < -0.39 is 11.2 Å². The number of rotatable bonds is 4. The summed E-state index contributed by atoms with van der Waals surface area (Å²) in [6.45, 7) is 4.22. The summed E-state index contributed by atoms with van der Waals surface area (Å²) in [7, 11) is 2.98. The summed E-state index contributed by atoms with van der Waals surface area (Å²) >= 11 is 0. The number of hydrogen-bond acceptors (Lipinski definition) is 3. The quantitative estimate of drug-likeness (QED) is 0.856. The minimum atomic E-state index is -0.404. The Bertz CT molecular complexity index is 378. The van der Waals surface area contributed by atoms with Gasteiger partial charge < -0.3 is 15.2 Å². The maximum Gasteiger partial charge on any atom is 0.165 e. The summed E-state index contributed by atoms with van der Waals surface area (Å²) in [5, 5.41) is 0. The van der Waals surface area contributed by atoms with Gasteiger partial charge in [0.15, 0.2) is 11.6 Å². The molecule has 0 fully saturated rings. The molecule has 0 spiro atoms. The predicted octanol–water partition coefficient (Wildman–Crippen LogP) is 2.08. The van der Waals surface area contributed by atoms with E-state index in [4.69, 9.17) is 15.2 Å². The van der Waals surface area contributed by atoms with Gasteiger partial charge in [0.2, 0.25) is 0 Å². The van der Waals surface area contributed by atoms with Crippen LogP contribution in [-0.2, 0) is 5.41 Å². The Balaban J connectivity index is 3.48. The van der Waals surface area contributed by atoms with Gasteiger partial charge in [0.05, 0.1) is 14.2 Å². The van der Waals surface area contributed by atoms with E-state index in [1.165, 1.54) is 13.2 Å². The van der Waals surface area contributed by atoms with E-state index in [0.717, 1.165) is 0 Å². The van der Waals surface area contributed by atoms with E-state index in [1.807, 2.05) is 13.8 Å². The van der Waals surface area contributed by atoms with Gasteiger partial charge in [-0.1, -0.05) is 13.8 Å². The van der Waals surface area contributed by atoms with Gasteiger partial charge in [-0.3, -0.25) is 0 Å². The molecule has 1 aromatic carbocycles.